The fourth-order valence-electron chi connectivity index (χ4n) is 1.11. The Bertz CT molecular complexity index is 427. The van der Waals surface area contributed by atoms with Crippen LogP contribution in [0.15, 0.2) is 16.9 Å². The van der Waals surface area contributed by atoms with Crippen molar-refractivity contribution in [1.82, 2.24) is 4.98 Å². The van der Waals surface area contributed by atoms with Gasteiger partial charge in [0.05, 0.1) is 19.8 Å². The molecule has 72 valence electrons. The summed E-state index contributed by atoms with van der Waals surface area (Å²) < 4.78 is 15.2. The average Bonchev–Trinajstić information content (AvgIpc) is 2.63. The number of rotatable bonds is 2. The first-order valence-corrected chi connectivity index (χ1v) is 3.72. The van der Waals surface area contributed by atoms with Crippen molar-refractivity contribution in [1.29, 1.82) is 0 Å². The molecule has 0 bridgehead atoms. The van der Waals surface area contributed by atoms with E-state index in [1.165, 1.54) is 6.39 Å². The summed E-state index contributed by atoms with van der Waals surface area (Å²) in [5.74, 6) is 1.10. The molecule has 0 saturated carbocycles. The molecule has 1 aromatic carbocycles. The molecule has 0 saturated heterocycles. The molecule has 5 heteroatoms. The van der Waals surface area contributed by atoms with Crippen molar-refractivity contribution in [2.24, 2.45) is 0 Å². The number of benzene rings is 1. The van der Waals surface area contributed by atoms with Crippen molar-refractivity contribution in [3.8, 4) is 11.5 Å². The Balaban J connectivity index is 0.000000980. The molecule has 0 spiro atoms. The Labute approximate surface area is 96.1 Å². The first-order chi connectivity index (χ1) is 6.35. The van der Waals surface area contributed by atoms with Crippen LogP contribution in [0.5, 0.6) is 11.5 Å². The van der Waals surface area contributed by atoms with E-state index in [4.69, 9.17) is 13.9 Å². The van der Waals surface area contributed by atoms with Crippen molar-refractivity contribution in [3.05, 3.63) is 18.5 Å². The second kappa shape index (κ2) is 4.48. The van der Waals surface area contributed by atoms with Crippen LogP contribution in [0.1, 0.15) is 0 Å². The summed E-state index contributed by atoms with van der Waals surface area (Å²) in [5, 5.41) is 0. The molecule has 0 aliphatic heterocycles. The normalized spacial score (nSPS) is 9.57. The zero-order valence-electron chi connectivity index (χ0n) is 7.83. The van der Waals surface area contributed by atoms with Gasteiger partial charge in [0.1, 0.15) is 0 Å². The van der Waals surface area contributed by atoms with Gasteiger partial charge < -0.3 is 13.9 Å². The fraction of sp³-hybridized carbons (Fsp3) is 0.222. The van der Waals surface area contributed by atoms with E-state index in [0.29, 0.717) is 22.6 Å². The van der Waals surface area contributed by atoms with Crippen LogP contribution in [0, 0.1) is 6.07 Å². The second-order valence-corrected chi connectivity index (χ2v) is 2.44. The van der Waals surface area contributed by atoms with Gasteiger partial charge in [0.15, 0.2) is 6.39 Å². The minimum atomic E-state index is 0. The molecule has 0 amide bonds. The monoisotopic (exact) mass is 226 g/mol. The Kier molecular flexibility index (Phi) is 3.55. The Morgan fingerprint density at radius 1 is 1.36 bits per heavy atom. The summed E-state index contributed by atoms with van der Waals surface area (Å²) in [6.07, 6.45) is 1.36. The average molecular weight is 226 g/mol. The second-order valence-electron chi connectivity index (χ2n) is 2.44. The smallest absolute Gasteiger partial charge is 0.166 e. The predicted octanol–water partition coefficient (Wildman–Crippen LogP) is 1.64. The van der Waals surface area contributed by atoms with Crippen LogP contribution in [0.25, 0.3) is 11.1 Å². The third kappa shape index (κ3) is 1.76. The van der Waals surface area contributed by atoms with Crippen LogP contribution in [-0.4, -0.2) is 19.2 Å². The summed E-state index contributed by atoms with van der Waals surface area (Å²) >= 11 is 0. The number of fused-ring (bicyclic) bond motifs is 1. The van der Waals surface area contributed by atoms with E-state index in [1.54, 1.807) is 20.3 Å². The molecule has 0 N–H and O–H groups in total. The van der Waals surface area contributed by atoms with Crippen LogP contribution in [-0.2, 0) is 21.7 Å². The number of hydrogen-bond donors (Lipinski definition) is 0. The maximum Gasteiger partial charge on any atom is 0.166 e. The van der Waals surface area contributed by atoms with Crippen molar-refractivity contribution in [2.45, 2.75) is 0 Å². The van der Waals surface area contributed by atoms with E-state index in [2.05, 4.69) is 11.1 Å². The van der Waals surface area contributed by atoms with E-state index < -0.39 is 0 Å². The fourth-order valence-corrected chi connectivity index (χ4v) is 1.11. The third-order valence-corrected chi connectivity index (χ3v) is 1.73. The Morgan fingerprint density at radius 3 is 2.79 bits per heavy atom. The van der Waals surface area contributed by atoms with Crippen LogP contribution in [0.4, 0.5) is 0 Å². The van der Waals surface area contributed by atoms with Gasteiger partial charge in [-0.3, -0.25) is 4.98 Å². The van der Waals surface area contributed by atoms with Crippen LogP contribution < -0.4 is 9.47 Å². The topological polar surface area (TPSA) is 44.5 Å². The Hall–Kier alpha value is -0.996. The summed E-state index contributed by atoms with van der Waals surface area (Å²) in [5.41, 5.74) is 1.29. The molecule has 0 atom stereocenters. The zero-order valence-corrected chi connectivity index (χ0v) is 9.39. The molecule has 1 aromatic heterocycles. The summed E-state index contributed by atoms with van der Waals surface area (Å²) in [4.78, 5) is 3.99. The molecular formula is C9H8NO3Ti-. The maximum absolute atomic E-state index is 5.11. The van der Waals surface area contributed by atoms with Crippen molar-refractivity contribution >= 4 is 11.1 Å². The molecule has 0 radical (unpaired) electrons. The van der Waals surface area contributed by atoms with Gasteiger partial charge >= 0.3 is 0 Å². The van der Waals surface area contributed by atoms with Gasteiger partial charge in [0, 0.05) is 38.7 Å². The van der Waals surface area contributed by atoms with E-state index in [-0.39, 0.29) is 21.7 Å². The number of hydrogen-bond acceptors (Lipinski definition) is 4. The van der Waals surface area contributed by atoms with Gasteiger partial charge in [-0.15, -0.1) is 0 Å². The van der Waals surface area contributed by atoms with Gasteiger partial charge in [-0.1, -0.05) is 12.1 Å². The number of methoxy groups -OCH3 is 2. The molecule has 4 nitrogen and oxygen atoms in total. The van der Waals surface area contributed by atoms with Gasteiger partial charge in [0.2, 0.25) is 0 Å². The van der Waals surface area contributed by atoms with Gasteiger partial charge in [0.25, 0.3) is 0 Å². The Morgan fingerprint density at radius 2 is 2.14 bits per heavy atom. The third-order valence-electron chi connectivity index (χ3n) is 1.73. The van der Waals surface area contributed by atoms with Crippen molar-refractivity contribution in [3.63, 3.8) is 0 Å². The standard InChI is InChI=1S/C9H8NO3.Ti/c1-11-6-3-7(12-2)9-8(4-6)13-5-10-9;/h4-5H,1-2H3;/q-1;. The molecule has 1 heterocycles. The van der Waals surface area contributed by atoms with Gasteiger partial charge in [-0.2, -0.15) is 0 Å². The first-order valence-electron chi connectivity index (χ1n) is 3.72. The van der Waals surface area contributed by atoms with Crippen LogP contribution in [0.2, 0.25) is 0 Å². The molecule has 2 rings (SSSR count). The molecular weight excluding hydrogens is 218 g/mol. The minimum Gasteiger partial charge on any atom is -0.522 e. The number of aromatic nitrogens is 1. The van der Waals surface area contributed by atoms with Crippen molar-refractivity contribution < 1.29 is 35.6 Å². The number of oxazole rings is 1. The predicted molar refractivity (Wildman–Crippen MR) is 45.9 cm³/mol. The molecule has 0 aliphatic rings. The number of nitrogens with zero attached hydrogens (tertiary/aromatic N) is 1. The molecule has 0 fully saturated rings. The first kappa shape index (κ1) is 11.1. The zero-order chi connectivity index (χ0) is 9.26. The van der Waals surface area contributed by atoms with E-state index in [0.717, 1.165) is 0 Å². The quantitative estimate of drug-likeness (QED) is 0.576. The van der Waals surface area contributed by atoms with Gasteiger partial charge in [-0.05, 0) is 0 Å². The number of ether oxygens (including phenoxy) is 2. The summed E-state index contributed by atoms with van der Waals surface area (Å²) in [7, 11) is 3.12. The van der Waals surface area contributed by atoms with Crippen molar-refractivity contribution in [2.75, 3.05) is 14.2 Å². The minimum absolute atomic E-state index is 0. The van der Waals surface area contributed by atoms with Gasteiger partial charge in [-0.25, -0.2) is 0 Å². The summed E-state index contributed by atoms with van der Waals surface area (Å²) in [6.45, 7) is 0. The molecule has 14 heavy (non-hydrogen) atoms. The van der Waals surface area contributed by atoms with E-state index in [1.807, 2.05) is 0 Å². The SMILES string of the molecule is COc1[c-]c(OC)c2ncoc2c1.[Ti]. The van der Waals surface area contributed by atoms with E-state index >= 15 is 0 Å². The largest absolute Gasteiger partial charge is 0.522 e. The van der Waals surface area contributed by atoms with Crippen LogP contribution >= 0.6 is 0 Å². The maximum atomic E-state index is 5.11. The van der Waals surface area contributed by atoms with E-state index in [9.17, 15) is 0 Å². The molecule has 2 aromatic rings. The van der Waals surface area contributed by atoms with Crippen LogP contribution in [0.3, 0.4) is 0 Å². The molecule has 0 unspecified atom stereocenters. The molecule has 0 aliphatic carbocycles. The summed E-state index contributed by atoms with van der Waals surface area (Å²) in [6, 6.07) is 4.62.